The highest BCUT2D eigenvalue weighted by Gasteiger charge is 2.42. The molecule has 0 spiro atoms. The number of nitrogens with zero attached hydrogens (tertiary/aromatic N) is 2. The lowest BCUT2D eigenvalue weighted by atomic mass is 9.76. The third-order valence-electron chi connectivity index (χ3n) is 6.83. The maximum atomic E-state index is 14.2. The van der Waals surface area contributed by atoms with E-state index in [4.69, 9.17) is 16.3 Å². The van der Waals surface area contributed by atoms with E-state index in [1.807, 2.05) is 4.90 Å². The number of rotatable bonds is 7. The quantitative estimate of drug-likeness (QED) is 0.542. The van der Waals surface area contributed by atoms with Crippen LogP contribution in [0.2, 0.25) is 5.02 Å². The fourth-order valence-electron chi connectivity index (χ4n) is 4.71. The van der Waals surface area contributed by atoms with Gasteiger partial charge in [-0.3, -0.25) is 4.79 Å². The largest absolute Gasteiger partial charge is 0.493 e. The van der Waals surface area contributed by atoms with E-state index in [1.54, 1.807) is 24.3 Å². The number of amides is 1. The lowest BCUT2D eigenvalue weighted by Gasteiger charge is -2.42. The van der Waals surface area contributed by atoms with E-state index < -0.39 is 21.3 Å². The molecule has 2 aliphatic rings. The second-order valence-electron chi connectivity index (χ2n) is 9.20. The van der Waals surface area contributed by atoms with Gasteiger partial charge in [-0.05, 0) is 68.5 Å². The summed E-state index contributed by atoms with van der Waals surface area (Å²) < 4.78 is 47.7. The van der Waals surface area contributed by atoms with Crippen molar-refractivity contribution in [1.29, 1.82) is 0 Å². The highest BCUT2D eigenvalue weighted by atomic mass is 35.5. The Kier molecular flexibility index (Phi) is 7.80. The summed E-state index contributed by atoms with van der Waals surface area (Å²) in [7, 11) is -3.96. The molecule has 184 valence electrons. The molecule has 2 aromatic carbocycles. The van der Waals surface area contributed by atoms with E-state index in [2.05, 4.69) is 0 Å². The SMILES string of the molecule is O=C(CC1(COc2ccc(Cl)cc2)CCN(S(=O)(=O)c2ccccc2F)CC1)N1CCCCC1. The van der Waals surface area contributed by atoms with Crippen LogP contribution in [0.3, 0.4) is 0 Å². The molecule has 0 radical (unpaired) electrons. The molecule has 2 aliphatic heterocycles. The summed E-state index contributed by atoms with van der Waals surface area (Å²) in [5, 5.41) is 0.606. The number of hydrogen-bond acceptors (Lipinski definition) is 4. The predicted molar refractivity (Wildman–Crippen MR) is 129 cm³/mol. The van der Waals surface area contributed by atoms with Crippen LogP contribution in [-0.2, 0) is 14.8 Å². The Bertz CT molecular complexity index is 1100. The third-order valence-corrected chi connectivity index (χ3v) is 9.02. The van der Waals surface area contributed by atoms with Crippen molar-refractivity contribution in [3.05, 3.63) is 59.4 Å². The molecule has 2 saturated heterocycles. The van der Waals surface area contributed by atoms with E-state index in [1.165, 1.54) is 22.5 Å². The lowest BCUT2D eigenvalue weighted by molar-refractivity contribution is -0.136. The average molecular weight is 509 g/mol. The molecule has 2 fully saturated rings. The minimum absolute atomic E-state index is 0.0878. The van der Waals surface area contributed by atoms with Crippen molar-refractivity contribution >= 4 is 27.5 Å². The average Bonchev–Trinajstić information content (AvgIpc) is 2.85. The molecule has 2 aromatic rings. The molecule has 0 unspecified atom stereocenters. The summed E-state index contributed by atoms with van der Waals surface area (Å²) in [6.45, 7) is 2.23. The van der Waals surface area contributed by atoms with Crippen LogP contribution in [0.25, 0.3) is 0 Å². The Hall–Kier alpha value is -2.16. The summed E-state index contributed by atoms with van der Waals surface area (Å²) in [6, 6.07) is 12.5. The second-order valence-corrected chi connectivity index (χ2v) is 11.5. The van der Waals surface area contributed by atoms with Crippen LogP contribution in [0.4, 0.5) is 4.39 Å². The normalized spacial score (nSPS) is 19.1. The van der Waals surface area contributed by atoms with Gasteiger partial charge in [0.2, 0.25) is 15.9 Å². The minimum atomic E-state index is -3.96. The number of carbonyl (C=O) groups is 1. The van der Waals surface area contributed by atoms with Crippen molar-refractivity contribution in [2.24, 2.45) is 5.41 Å². The number of sulfonamides is 1. The van der Waals surface area contributed by atoms with Gasteiger partial charge in [0.25, 0.3) is 0 Å². The first-order valence-corrected chi connectivity index (χ1v) is 13.5. The Morgan fingerprint density at radius 2 is 1.62 bits per heavy atom. The zero-order valence-electron chi connectivity index (χ0n) is 19.1. The molecule has 4 rings (SSSR count). The summed E-state index contributed by atoms with van der Waals surface area (Å²) >= 11 is 5.97. The van der Waals surface area contributed by atoms with Crippen molar-refractivity contribution < 1.29 is 22.3 Å². The van der Waals surface area contributed by atoms with Crippen molar-refractivity contribution in [1.82, 2.24) is 9.21 Å². The minimum Gasteiger partial charge on any atom is -0.493 e. The topological polar surface area (TPSA) is 66.9 Å². The number of carbonyl (C=O) groups excluding carboxylic acids is 1. The first-order chi connectivity index (χ1) is 16.3. The Balaban J connectivity index is 1.50. The van der Waals surface area contributed by atoms with Crippen molar-refractivity contribution in [2.45, 2.75) is 43.4 Å². The number of likely N-dealkylation sites (tertiary alicyclic amines) is 1. The van der Waals surface area contributed by atoms with Crippen LogP contribution in [0.15, 0.2) is 53.4 Å². The molecule has 9 heteroatoms. The van der Waals surface area contributed by atoms with Gasteiger partial charge < -0.3 is 9.64 Å². The van der Waals surface area contributed by atoms with Crippen LogP contribution in [0, 0.1) is 11.2 Å². The molecule has 2 heterocycles. The number of hydrogen-bond donors (Lipinski definition) is 0. The van der Waals surface area contributed by atoms with Gasteiger partial charge >= 0.3 is 0 Å². The molecule has 0 aromatic heterocycles. The van der Waals surface area contributed by atoms with E-state index in [0.29, 0.717) is 36.6 Å². The van der Waals surface area contributed by atoms with Gasteiger partial charge in [-0.25, -0.2) is 12.8 Å². The van der Waals surface area contributed by atoms with Crippen LogP contribution in [0.1, 0.15) is 38.5 Å². The highest BCUT2D eigenvalue weighted by molar-refractivity contribution is 7.89. The number of benzene rings is 2. The first kappa shape index (κ1) is 24.9. The van der Waals surface area contributed by atoms with Gasteiger partial charge in [0.15, 0.2) is 0 Å². The van der Waals surface area contributed by atoms with Gasteiger partial charge in [0, 0.05) is 43.0 Å². The maximum Gasteiger partial charge on any atom is 0.245 e. The maximum absolute atomic E-state index is 14.2. The van der Waals surface area contributed by atoms with Gasteiger partial charge in [-0.1, -0.05) is 23.7 Å². The zero-order valence-corrected chi connectivity index (χ0v) is 20.7. The molecule has 34 heavy (non-hydrogen) atoms. The Labute approximate surface area is 205 Å². The molecule has 0 aliphatic carbocycles. The fourth-order valence-corrected chi connectivity index (χ4v) is 6.34. The van der Waals surface area contributed by atoms with Crippen LogP contribution in [-0.4, -0.2) is 56.3 Å². The summed E-state index contributed by atoms with van der Waals surface area (Å²) in [5.41, 5.74) is -0.505. The predicted octanol–water partition coefficient (Wildman–Crippen LogP) is 4.73. The van der Waals surface area contributed by atoms with Crippen molar-refractivity contribution in [3.63, 3.8) is 0 Å². The van der Waals surface area contributed by atoms with E-state index in [0.717, 1.165) is 38.4 Å². The number of ether oxygens (including phenoxy) is 1. The molecule has 6 nitrogen and oxygen atoms in total. The molecule has 1 amide bonds. The Morgan fingerprint density at radius 1 is 0.971 bits per heavy atom. The highest BCUT2D eigenvalue weighted by Crippen LogP contribution is 2.38. The van der Waals surface area contributed by atoms with E-state index >= 15 is 0 Å². The van der Waals surface area contributed by atoms with E-state index in [-0.39, 0.29) is 23.9 Å². The van der Waals surface area contributed by atoms with Crippen molar-refractivity contribution in [3.8, 4) is 5.75 Å². The van der Waals surface area contributed by atoms with Gasteiger partial charge in [0.05, 0.1) is 6.61 Å². The second kappa shape index (κ2) is 10.6. The standard InChI is InChI=1S/C25H30ClFN2O4S/c26-20-8-10-21(11-9-20)33-19-25(18-24(30)28-14-4-1-5-15-28)12-16-29(17-13-25)34(31,32)23-7-3-2-6-22(23)27/h2-3,6-11H,1,4-5,12-19H2. The molecule has 0 atom stereocenters. The van der Waals surface area contributed by atoms with Crippen LogP contribution >= 0.6 is 11.6 Å². The number of halogens is 2. The first-order valence-electron chi connectivity index (χ1n) is 11.7. The molecule has 0 saturated carbocycles. The van der Waals surface area contributed by atoms with Gasteiger partial charge in [0.1, 0.15) is 16.5 Å². The zero-order chi connectivity index (χ0) is 24.2. The number of piperidine rings is 2. The summed E-state index contributed by atoms with van der Waals surface area (Å²) in [6.07, 6.45) is 4.36. The van der Waals surface area contributed by atoms with Crippen molar-refractivity contribution in [2.75, 3.05) is 32.8 Å². The molecular formula is C25H30ClFN2O4S. The summed E-state index contributed by atoms with van der Waals surface area (Å²) in [5.74, 6) is -0.0221. The monoisotopic (exact) mass is 508 g/mol. The van der Waals surface area contributed by atoms with E-state index in [9.17, 15) is 17.6 Å². The Morgan fingerprint density at radius 3 is 2.26 bits per heavy atom. The lowest BCUT2D eigenvalue weighted by Crippen LogP contribution is -2.48. The van der Waals surface area contributed by atoms with Gasteiger partial charge in [-0.15, -0.1) is 0 Å². The van der Waals surface area contributed by atoms with Crippen LogP contribution in [0.5, 0.6) is 5.75 Å². The third kappa shape index (κ3) is 5.73. The smallest absolute Gasteiger partial charge is 0.245 e. The van der Waals surface area contributed by atoms with Crippen LogP contribution < -0.4 is 4.74 Å². The molecule has 0 bridgehead atoms. The molecular weight excluding hydrogens is 479 g/mol. The van der Waals surface area contributed by atoms with Gasteiger partial charge in [-0.2, -0.15) is 4.31 Å². The summed E-state index contributed by atoms with van der Waals surface area (Å²) in [4.78, 5) is 14.7. The fraction of sp³-hybridized carbons (Fsp3) is 0.480. The molecule has 0 N–H and O–H groups in total.